The molecule has 0 bridgehead atoms. The molecule has 2 aromatic carbocycles. The number of carbonyl (C=O) groups is 2. The van der Waals surface area contributed by atoms with E-state index in [1.807, 2.05) is 19.1 Å². The highest BCUT2D eigenvalue weighted by atomic mass is 16.7. The van der Waals surface area contributed by atoms with Gasteiger partial charge in [-0.15, -0.1) is 0 Å². The molecule has 2 heterocycles. The van der Waals surface area contributed by atoms with Crippen LogP contribution in [-0.2, 0) is 4.79 Å². The number of carbonyl (C=O) groups excluding carboxylic acids is 2. The maximum atomic E-state index is 12.8. The molecular formula is C25H21N3O5. The Hall–Kier alpha value is -4.59. The van der Waals surface area contributed by atoms with Crippen LogP contribution in [0.5, 0.6) is 11.5 Å². The van der Waals surface area contributed by atoms with Gasteiger partial charge >= 0.3 is 0 Å². The third-order valence-corrected chi connectivity index (χ3v) is 4.58. The molecule has 166 valence electrons. The van der Waals surface area contributed by atoms with Gasteiger partial charge in [-0.3, -0.25) is 9.59 Å². The standard InChI is InChI=1S/C25H21N3O5/c1-17-9-11-20(33-17)8-5-13-26-28-25(30)21(27-24(29)19-6-3-2-4-7-19)14-18-10-12-22-23(15-18)32-16-31-22/h2-15H,16H2,1H3,(H,27,29)(H,28,30). The van der Waals surface area contributed by atoms with Crippen LogP contribution in [0.4, 0.5) is 0 Å². The summed E-state index contributed by atoms with van der Waals surface area (Å²) in [6, 6.07) is 17.5. The number of benzene rings is 2. The van der Waals surface area contributed by atoms with Crippen LogP contribution in [-0.4, -0.2) is 24.8 Å². The van der Waals surface area contributed by atoms with Gasteiger partial charge < -0.3 is 19.2 Å². The van der Waals surface area contributed by atoms with Crippen LogP contribution >= 0.6 is 0 Å². The van der Waals surface area contributed by atoms with Crippen molar-refractivity contribution in [1.82, 2.24) is 10.7 Å². The van der Waals surface area contributed by atoms with E-state index >= 15 is 0 Å². The lowest BCUT2D eigenvalue weighted by molar-refractivity contribution is -0.117. The van der Waals surface area contributed by atoms with Gasteiger partial charge in [-0.05, 0) is 67.1 Å². The minimum absolute atomic E-state index is 0.0190. The maximum Gasteiger partial charge on any atom is 0.287 e. The number of ether oxygens (including phenoxy) is 2. The number of amides is 2. The molecule has 0 atom stereocenters. The number of hydrogen-bond acceptors (Lipinski definition) is 6. The summed E-state index contributed by atoms with van der Waals surface area (Å²) in [6.45, 7) is 1.99. The van der Waals surface area contributed by atoms with Gasteiger partial charge in [-0.1, -0.05) is 24.3 Å². The number of nitrogens with one attached hydrogen (secondary N) is 2. The summed E-state index contributed by atoms with van der Waals surface area (Å²) in [5, 5.41) is 6.55. The average molecular weight is 443 g/mol. The molecule has 33 heavy (non-hydrogen) atoms. The van der Waals surface area contributed by atoms with Crippen LogP contribution in [0, 0.1) is 6.92 Å². The minimum atomic E-state index is -0.588. The lowest BCUT2D eigenvalue weighted by Crippen LogP contribution is -2.32. The predicted octanol–water partition coefficient (Wildman–Crippen LogP) is 3.90. The number of hydrazone groups is 1. The lowest BCUT2D eigenvalue weighted by Gasteiger charge is -2.09. The van der Waals surface area contributed by atoms with Gasteiger partial charge in [0.05, 0.1) is 0 Å². The zero-order valence-corrected chi connectivity index (χ0v) is 17.8. The first kappa shape index (κ1) is 21.6. The number of rotatable bonds is 7. The summed E-state index contributed by atoms with van der Waals surface area (Å²) in [7, 11) is 0. The Labute approximate surface area is 190 Å². The highest BCUT2D eigenvalue weighted by molar-refractivity contribution is 6.05. The molecule has 8 heteroatoms. The molecule has 1 aliphatic heterocycles. The number of hydrogen-bond donors (Lipinski definition) is 2. The molecule has 1 aromatic heterocycles. The molecule has 0 spiro atoms. The van der Waals surface area contributed by atoms with E-state index in [1.165, 1.54) is 12.3 Å². The van der Waals surface area contributed by atoms with E-state index in [-0.39, 0.29) is 12.5 Å². The minimum Gasteiger partial charge on any atom is -0.462 e. The van der Waals surface area contributed by atoms with Gasteiger partial charge in [0.25, 0.3) is 11.8 Å². The van der Waals surface area contributed by atoms with Crippen molar-refractivity contribution in [3.8, 4) is 11.5 Å². The number of aryl methyl sites for hydroxylation is 1. The van der Waals surface area contributed by atoms with Crippen LogP contribution in [0.15, 0.2) is 82.0 Å². The van der Waals surface area contributed by atoms with Crippen LogP contribution < -0.4 is 20.2 Å². The Balaban J connectivity index is 1.50. The SMILES string of the molecule is Cc1ccc(C=CC=NNC(=O)C(=Cc2ccc3c(c2)OCO3)NC(=O)c2ccccc2)o1. The maximum absolute atomic E-state index is 12.8. The Bertz CT molecular complexity index is 1240. The lowest BCUT2D eigenvalue weighted by atomic mass is 10.1. The molecule has 3 aromatic rings. The van der Waals surface area contributed by atoms with E-state index in [0.717, 1.165) is 5.76 Å². The van der Waals surface area contributed by atoms with E-state index in [1.54, 1.807) is 60.7 Å². The first-order valence-corrected chi connectivity index (χ1v) is 10.1. The normalized spacial score (nSPS) is 12.9. The molecule has 2 amide bonds. The second kappa shape index (κ2) is 10.1. The number of furan rings is 1. The second-order valence-corrected chi connectivity index (χ2v) is 7.02. The number of nitrogens with zero attached hydrogens (tertiary/aromatic N) is 1. The summed E-state index contributed by atoms with van der Waals surface area (Å²) in [5.74, 6) is 1.64. The van der Waals surface area contributed by atoms with E-state index in [0.29, 0.717) is 28.4 Å². The van der Waals surface area contributed by atoms with Crippen LogP contribution in [0.3, 0.4) is 0 Å². The Morgan fingerprint density at radius 3 is 2.61 bits per heavy atom. The topological polar surface area (TPSA) is 102 Å². The van der Waals surface area contributed by atoms with Crippen molar-refractivity contribution in [1.29, 1.82) is 0 Å². The van der Waals surface area contributed by atoms with Crippen molar-refractivity contribution in [2.75, 3.05) is 6.79 Å². The average Bonchev–Trinajstić information content (AvgIpc) is 3.47. The van der Waals surface area contributed by atoms with Gasteiger partial charge in [-0.2, -0.15) is 5.10 Å². The highest BCUT2D eigenvalue weighted by Gasteiger charge is 2.16. The first-order valence-electron chi connectivity index (χ1n) is 10.1. The van der Waals surface area contributed by atoms with Crippen LogP contribution in [0.1, 0.15) is 27.4 Å². The Morgan fingerprint density at radius 2 is 1.82 bits per heavy atom. The molecule has 8 nitrogen and oxygen atoms in total. The van der Waals surface area contributed by atoms with E-state index < -0.39 is 11.8 Å². The summed E-state index contributed by atoms with van der Waals surface area (Å²) in [6.07, 6.45) is 6.29. The predicted molar refractivity (Wildman–Crippen MR) is 124 cm³/mol. The smallest absolute Gasteiger partial charge is 0.287 e. The zero-order chi connectivity index (χ0) is 23.0. The molecule has 1 aliphatic rings. The fourth-order valence-electron chi connectivity index (χ4n) is 2.99. The molecule has 0 radical (unpaired) electrons. The third-order valence-electron chi connectivity index (χ3n) is 4.58. The summed E-state index contributed by atoms with van der Waals surface area (Å²) in [5.41, 5.74) is 3.50. The number of fused-ring (bicyclic) bond motifs is 1. The van der Waals surface area contributed by atoms with Crippen molar-refractivity contribution in [2.45, 2.75) is 6.92 Å². The molecular weight excluding hydrogens is 422 g/mol. The third kappa shape index (κ3) is 5.76. The Kier molecular flexibility index (Phi) is 6.65. The van der Waals surface area contributed by atoms with Crippen molar-refractivity contribution in [2.24, 2.45) is 5.10 Å². The monoisotopic (exact) mass is 443 g/mol. The van der Waals surface area contributed by atoms with Gasteiger partial charge in [0.1, 0.15) is 17.2 Å². The van der Waals surface area contributed by atoms with Gasteiger partial charge in [0.15, 0.2) is 11.5 Å². The van der Waals surface area contributed by atoms with Crippen molar-refractivity contribution >= 4 is 30.2 Å². The summed E-state index contributed by atoms with van der Waals surface area (Å²) in [4.78, 5) is 25.4. The molecule has 0 saturated carbocycles. The number of allylic oxidation sites excluding steroid dienone is 1. The molecule has 4 rings (SSSR count). The van der Waals surface area contributed by atoms with Crippen LogP contribution in [0.25, 0.3) is 12.2 Å². The van der Waals surface area contributed by atoms with Crippen molar-refractivity contribution in [3.63, 3.8) is 0 Å². The molecule has 0 fully saturated rings. The van der Waals surface area contributed by atoms with Gasteiger partial charge in [-0.25, -0.2) is 5.43 Å². The zero-order valence-electron chi connectivity index (χ0n) is 17.8. The van der Waals surface area contributed by atoms with Crippen molar-refractivity contribution < 1.29 is 23.5 Å². The molecule has 0 aliphatic carbocycles. The fraction of sp³-hybridized carbons (Fsp3) is 0.0800. The first-order chi connectivity index (χ1) is 16.1. The molecule has 0 saturated heterocycles. The highest BCUT2D eigenvalue weighted by Crippen LogP contribution is 2.33. The summed E-state index contributed by atoms with van der Waals surface area (Å²) < 4.78 is 16.1. The fourth-order valence-corrected chi connectivity index (χ4v) is 2.99. The second-order valence-electron chi connectivity index (χ2n) is 7.02. The van der Waals surface area contributed by atoms with Crippen LogP contribution in [0.2, 0.25) is 0 Å². The van der Waals surface area contributed by atoms with E-state index in [9.17, 15) is 9.59 Å². The van der Waals surface area contributed by atoms with Gasteiger partial charge in [0, 0.05) is 11.8 Å². The van der Waals surface area contributed by atoms with E-state index in [4.69, 9.17) is 13.9 Å². The quantitative estimate of drug-likeness (QED) is 0.328. The molecule has 0 unspecified atom stereocenters. The largest absolute Gasteiger partial charge is 0.462 e. The molecule has 2 N–H and O–H groups in total. The summed E-state index contributed by atoms with van der Waals surface area (Å²) >= 11 is 0. The Morgan fingerprint density at radius 1 is 1.00 bits per heavy atom. The van der Waals surface area contributed by atoms with E-state index in [2.05, 4.69) is 15.8 Å². The van der Waals surface area contributed by atoms with Crippen molar-refractivity contribution in [3.05, 3.63) is 95.1 Å². The van der Waals surface area contributed by atoms with Gasteiger partial charge in [0.2, 0.25) is 6.79 Å².